The van der Waals surface area contributed by atoms with Crippen molar-refractivity contribution in [2.24, 2.45) is 0 Å². The fourth-order valence-electron chi connectivity index (χ4n) is 6.81. The lowest BCUT2D eigenvalue weighted by molar-refractivity contribution is -0.887. The maximum atomic E-state index is 12.7. The highest BCUT2D eigenvalue weighted by atomic mass is 16.6. The SMILES string of the molecule is CCCC/C=C/CCCCCCC(=O)OCC(COCCC(C(=O)O)[N+](C)(C)C)OC(=O)CCCCCCCCC/C=C/C/C=C/CCCCCCCCCCC. The number of hydrogen-bond donors (Lipinski definition) is 1. The van der Waals surface area contributed by atoms with Crippen LogP contribution < -0.4 is 0 Å². The lowest BCUT2D eigenvalue weighted by Gasteiger charge is -2.31. The summed E-state index contributed by atoms with van der Waals surface area (Å²) in [5, 5.41) is 9.62. The number of allylic oxidation sites excluding steroid dienone is 6. The van der Waals surface area contributed by atoms with Crippen LogP contribution in [0.4, 0.5) is 0 Å². The van der Waals surface area contributed by atoms with Crippen molar-refractivity contribution >= 4 is 17.9 Å². The fraction of sp³-hybridized carbons (Fsp3) is 0.816. The number of quaternary nitrogens is 1. The zero-order chi connectivity index (χ0) is 42.1. The van der Waals surface area contributed by atoms with Crippen molar-refractivity contribution in [3.63, 3.8) is 0 Å². The molecule has 0 saturated heterocycles. The molecule has 0 aliphatic rings. The molecule has 0 bridgehead atoms. The number of esters is 2. The van der Waals surface area contributed by atoms with E-state index in [4.69, 9.17) is 14.2 Å². The molecule has 0 spiro atoms. The first kappa shape index (κ1) is 54.6. The van der Waals surface area contributed by atoms with E-state index < -0.39 is 18.1 Å². The molecule has 0 aliphatic heterocycles. The Balaban J connectivity index is 4.23. The predicted molar refractivity (Wildman–Crippen MR) is 238 cm³/mol. The summed E-state index contributed by atoms with van der Waals surface area (Å²) in [6, 6.07) is -0.616. The monoisotopic (exact) mass is 805 g/mol. The molecule has 332 valence electrons. The van der Waals surface area contributed by atoms with Gasteiger partial charge in [-0.25, -0.2) is 4.79 Å². The summed E-state index contributed by atoms with van der Waals surface area (Å²) < 4.78 is 17.2. The van der Waals surface area contributed by atoms with E-state index in [1.807, 2.05) is 21.1 Å². The van der Waals surface area contributed by atoms with Gasteiger partial charge in [-0.05, 0) is 64.2 Å². The molecule has 0 fully saturated rings. The van der Waals surface area contributed by atoms with Gasteiger partial charge in [-0.3, -0.25) is 9.59 Å². The van der Waals surface area contributed by atoms with Crippen LogP contribution in [0, 0.1) is 0 Å². The molecular weight excluding hydrogens is 715 g/mol. The van der Waals surface area contributed by atoms with Crippen LogP contribution in [-0.2, 0) is 28.6 Å². The Hall–Kier alpha value is -2.45. The van der Waals surface area contributed by atoms with Crippen LogP contribution >= 0.6 is 0 Å². The maximum absolute atomic E-state index is 12.7. The quantitative estimate of drug-likeness (QED) is 0.0284. The number of rotatable bonds is 42. The summed E-state index contributed by atoms with van der Waals surface area (Å²) >= 11 is 0. The summed E-state index contributed by atoms with van der Waals surface area (Å²) in [6.07, 6.45) is 46.3. The van der Waals surface area contributed by atoms with E-state index in [1.165, 1.54) is 103 Å². The van der Waals surface area contributed by atoms with Gasteiger partial charge in [0.25, 0.3) is 0 Å². The van der Waals surface area contributed by atoms with Gasteiger partial charge < -0.3 is 23.8 Å². The summed E-state index contributed by atoms with van der Waals surface area (Å²) in [4.78, 5) is 36.9. The number of carbonyl (C=O) groups excluding carboxylic acids is 2. The Labute approximate surface area is 351 Å². The van der Waals surface area contributed by atoms with Crippen molar-refractivity contribution in [2.45, 2.75) is 219 Å². The number of likely N-dealkylation sites (N-methyl/N-ethyl adjacent to an activating group) is 1. The van der Waals surface area contributed by atoms with E-state index in [-0.39, 0.29) is 36.2 Å². The molecule has 0 rings (SSSR count). The highest BCUT2D eigenvalue weighted by Gasteiger charge is 2.31. The number of nitrogens with zero attached hydrogens (tertiary/aromatic N) is 1. The molecule has 1 N–H and O–H groups in total. The van der Waals surface area contributed by atoms with Crippen molar-refractivity contribution in [1.29, 1.82) is 0 Å². The second kappa shape index (κ2) is 40.3. The normalized spacial score (nSPS) is 13.2. The van der Waals surface area contributed by atoms with E-state index in [1.54, 1.807) is 0 Å². The molecule has 8 nitrogen and oxygen atoms in total. The fourth-order valence-corrected chi connectivity index (χ4v) is 6.81. The Morgan fingerprint density at radius 3 is 1.42 bits per heavy atom. The molecule has 8 heteroatoms. The van der Waals surface area contributed by atoms with Crippen molar-refractivity contribution in [1.82, 2.24) is 0 Å². The average molecular weight is 805 g/mol. The minimum absolute atomic E-state index is 0.0551. The largest absolute Gasteiger partial charge is 0.477 e. The van der Waals surface area contributed by atoms with Crippen molar-refractivity contribution < 1.29 is 38.2 Å². The summed E-state index contributed by atoms with van der Waals surface area (Å²) in [7, 11) is 5.52. The predicted octanol–water partition coefficient (Wildman–Crippen LogP) is 13.0. The standard InChI is InChI=1S/C49H89NO7/c1-6-8-10-12-14-16-18-19-20-21-22-23-24-25-26-27-28-29-30-32-34-36-38-40-48(52)57-45(43-55-42-41-46(49(53)54)50(3,4)5)44-56-47(51)39-37-35-33-31-17-15-13-11-9-7-2/h13,15,22-23,25-26,45-46H,6-12,14,16-21,24,27-44H2,1-5H3/p+1/b15-13+,23-22+,26-25+. The number of carboxylic acid groups (broad SMARTS) is 1. The minimum atomic E-state index is -0.878. The van der Waals surface area contributed by atoms with Crippen molar-refractivity contribution in [3.05, 3.63) is 36.5 Å². The molecule has 0 aliphatic carbocycles. The summed E-state index contributed by atoms with van der Waals surface area (Å²) in [5.74, 6) is -1.49. The Morgan fingerprint density at radius 1 is 0.526 bits per heavy atom. The van der Waals surface area contributed by atoms with Gasteiger partial charge in [0, 0.05) is 19.3 Å². The first-order valence-electron chi connectivity index (χ1n) is 23.5. The smallest absolute Gasteiger partial charge is 0.362 e. The number of hydrogen-bond acceptors (Lipinski definition) is 6. The summed E-state index contributed by atoms with van der Waals surface area (Å²) in [5.41, 5.74) is 0. The highest BCUT2D eigenvalue weighted by molar-refractivity contribution is 5.72. The molecule has 2 atom stereocenters. The van der Waals surface area contributed by atoms with Gasteiger partial charge in [0.1, 0.15) is 6.61 Å². The van der Waals surface area contributed by atoms with Gasteiger partial charge in [-0.2, -0.15) is 0 Å². The highest BCUT2D eigenvalue weighted by Crippen LogP contribution is 2.14. The van der Waals surface area contributed by atoms with E-state index >= 15 is 0 Å². The number of carboxylic acids is 1. The Bertz CT molecular complexity index is 1030. The van der Waals surface area contributed by atoms with Crippen LogP contribution in [0.5, 0.6) is 0 Å². The second-order valence-corrected chi connectivity index (χ2v) is 17.0. The Kier molecular flexibility index (Phi) is 38.6. The first-order valence-corrected chi connectivity index (χ1v) is 23.5. The number of carbonyl (C=O) groups is 3. The van der Waals surface area contributed by atoms with E-state index in [0.29, 0.717) is 19.3 Å². The third-order valence-corrected chi connectivity index (χ3v) is 10.5. The molecule has 0 amide bonds. The topological polar surface area (TPSA) is 99.1 Å². The molecule has 0 aromatic carbocycles. The third kappa shape index (κ3) is 38.8. The van der Waals surface area contributed by atoms with Gasteiger partial charge in [0.15, 0.2) is 12.1 Å². The lowest BCUT2D eigenvalue weighted by Crippen LogP contribution is -2.50. The van der Waals surface area contributed by atoms with Gasteiger partial charge in [-0.1, -0.05) is 159 Å². The minimum Gasteiger partial charge on any atom is -0.477 e. The molecule has 0 heterocycles. The third-order valence-electron chi connectivity index (χ3n) is 10.5. The Morgan fingerprint density at radius 2 is 0.947 bits per heavy atom. The van der Waals surface area contributed by atoms with Crippen LogP contribution in [0.15, 0.2) is 36.5 Å². The molecule has 57 heavy (non-hydrogen) atoms. The van der Waals surface area contributed by atoms with Crippen LogP contribution in [0.1, 0.15) is 206 Å². The van der Waals surface area contributed by atoms with Crippen LogP contribution in [0.2, 0.25) is 0 Å². The van der Waals surface area contributed by atoms with Gasteiger partial charge in [0.05, 0.1) is 34.4 Å². The molecule has 0 aromatic rings. The molecule has 2 unspecified atom stereocenters. The summed E-state index contributed by atoms with van der Waals surface area (Å²) in [6.45, 7) is 4.68. The van der Waals surface area contributed by atoms with Gasteiger partial charge in [-0.15, -0.1) is 0 Å². The van der Waals surface area contributed by atoms with Crippen LogP contribution in [0.25, 0.3) is 0 Å². The van der Waals surface area contributed by atoms with Gasteiger partial charge >= 0.3 is 17.9 Å². The average Bonchev–Trinajstić information content (AvgIpc) is 3.17. The molecular formula is C49H90NO7+. The van der Waals surface area contributed by atoms with Gasteiger partial charge in [0.2, 0.25) is 0 Å². The number of aliphatic carboxylic acids is 1. The molecule has 0 saturated carbocycles. The maximum Gasteiger partial charge on any atom is 0.362 e. The zero-order valence-electron chi connectivity index (χ0n) is 37.8. The lowest BCUT2D eigenvalue weighted by atomic mass is 10.1. The van der Waals surface area contributed by atoms with Crippen LogP contribution in [0.3, 0.4) is 0 Å². The van der Waals surface area contributed by atoms with E-state index in [2.05, 4.69) is 50.3 Å². The molecule has 0 radical (unpaired) electrons. The number of unbranched alkanes of at least 4 members (excludes halogenated alkanes) is 22. The van der Waals surface area contributed by atoms with Crippen LogP contribution in [-0.4, -0.2) is 80.6 Å². The molecule has 0 aromatic heterocycles. The second-order valence-electron chi connectivity index (χ2n) is 17.0. The van der Waals surface area contributed by atoms with Crippen molar-refractivity contribution in [3.8, 4) is 0 Å². The number of ether oxygens (including phenoxy) is 3. The van der Waals surface area contributed by atoms with E-state index in [9.17, 15) is 19.5 Å². The zero-order valence-corrected chi connectivity index (χ0v) is 37.8. The first-order chi connectivity index (χ1) is 27.6. The van der Waals surface area contributed by atoms with E-state index in [0.717, 1.165) is 70.6 Å². The van der Waals surface area contributed by atoms with Crippen molar-refractivity contribution in [2.75, 3.05) is 41.0 Å².